The molecule has 0 aliphatic carbocycles. The average Bonchev–Trinajstić information content (AvgIpc) is 3.18. The Balaban J connectivity index is 1.51. The largest absolute Gasteiger partial charge is 0.468 e. The average molecular weight is 346 g/mol. The third-order valence-corrected chi connectivity index (χ3v) is 4.54. The first-order valence-electron chi connectivity index (χ1n) is 8.77. The molecule has 0 aromatic carbocycles. The molecule has 3 rings (SSSR count). The smallest absolute Gasteiger partial charge is 0.315 e. The van der Waals surface area contributed by atoms with Crippen LogP contribution >= 0.6 is 0 Å². The number of amides is 2. The minimum Gasteiger partial charge on any atom is -0.468 e. The predicted molar refractivity (Wildman–Crippen MR) is 93.0 cm³/mol. The molecular formula is C17H26N6O2. The molecule has 2 N–H and O–H groups in total. The lowest BCUT2D eigenvalue weighted by Crippen LogP contribution is -2.40. The Kier molecular flexibility index (Phi) is 5.70. The monoisotopic (exact) mass is 346 g/mol. The van der Waals surface area contributed by atoms with Gasteiger partial charge in [-0.2, -0.15) is 0 Å². The summed E-state index contributed by atoms with van der Waals surface area (Å²) in [5, 5.41) is 14.2. The molecule has 2 aromatic rings. The molecule has 8 nitrogen and oxygen atoms in total. The number of furan rings is 1. The van der Waals surface area contributed by atoms with Crippen LogP contribution in [0, 0.1) is 0 Å². The van der Waals surface area contributed by atoms with Crippen LogP contribution in [0.3, 0.4) is 0 Å². The molecule has 2 aromatic heterocycles. The van der Waals surface area contributed by atoms with E-state index in [1.807, 2.05) is 31.1 Å². The van der Waals surface area contributed by atoms with Crippen LogP contribution in [-0.2, 0) is 19.5 Å². The number of carbonyl (C=O) groups excluding carboxylic acids is 1. The van der Waals surface area contributed by atoms with Crippen molar-refractivity contribution in [2.75, 3.05) is 20.6 Å². The van der Waals surface area contributed by atoms with Gasteiger partial charge in [-0.25, -0.2) is 4.79 Å². The first kappa shape index (κ1) is 17.5. The number of nitrogens with zero attached hydrogens (tertiary/aromatic N) is 4. The maximum atomic E-state index is 12.1. The summed E-state index contributed by atoms with van der Waals surface area (Å²) < 4.78 is 7.58. The van der Waals surface area contributed by atoms with Crippen molar-refractivity contribution in [3.63, 3.8) is 0 Å². The molecule has 0 spiro atoms. The molecule has 1 aliphatic rings. The minimum atomic E-state index is -0.218. The Hall–Kier alpha value is -2.35. The van der Waals surface area contributed by atoms with Crippen LogP contribution in [0.25, 0.3) is 0 Å². The third kappa shape index (κ3) is 4.39. The number of rotatable bonds is 6. The summed E-state index contributed by atoms with van der Waals surface area (Å²) in [7, 11) is 3.91. The number of aryl methyl sites for hydroxylation is 1. The summed E-state index contributed by atoms with van der Waals surface area (Å²) in [6.45, 7) is 1.78. The van der Waals surface area contributed by atoms with Crippen molar-refractivity contribution in [1.29, 1.82) is 0 Å². The molecule has 1 unspecified atom stereocenters. The van der Waals surface area contributed by atoms with Crippen LogP contribution in [0.1, 0.15) is 42.7 Å². The first-order chi connectivity index (χ1) is 12.1. The highest BCUT2D eigenvalue weighted by Gasteiger charge is 2.18. The van der Waals surface area contributed by atoms with E-state index >= 15 is 0 Å². The van der Waals surface area contributed by atoms with Crippen molar-refractivity contribution in [1.82, 2.24) is 30.3 Å². The van der Waals surface area contributed by atoms with Crippen LogP contribution in [-0.4, -0.2) is 46.3 Å². The molecule has 0 bridgehead atoms. The molecule has 0 saturated carbocycles. The second-order valence-electron chi connectivity index (χ2n) is 6.55. The zero-order valence-corrected chi connectivity index (χ0v) is 14.9. The number of aromatic nitrogens is 3. The number of hydrogen-bond acceptors (Lipinski definition) is 5. The molecule has 136 valence electrons. The number of hydrogen-bond donors (Lipinski definition) is 2. The lowest BCUT2D eigenvalue weighted by atomic mass is 10.2. The summed E-state index contributed by atoms with van der Waals surface area (Å²) >= 11 is 0. The number of carbonyl (C=O) groups is 1. The molecule has 1 atom stereocenters. The molecule has 0 radical (unpaired) electrons. The van der Waals surface area contributed by atoms with Crippen molar-refractivity contribution < 1.29 is 9.21 Å². The number of urea groups is 1. The van der Waals surface area contributed by atoms with Gasteiger partial charge in [-0.15, -0.1) is 10.2 Å². The van der Waals surface area contributed by atoms with E-state index in [1.165, 1.54) is 6.42 Å². The van der Waals surface area contributed by atoms with Crippen LogP contribution in [0.5, 0.6) is 0 Å². The van der Waals surface area contributed by atoms with Gasteiger partial charge in [0.15, 0.2) is 5.82 Å². The SMILES string of the molecule is CN(C)C(CNC(=O)NCc1nnc2n1CCCCC2)c1ccco1. The molecule has 2 amide bonds. The van der Waals surface area contributed by atoms with Gasteiger partial charge in [-0.1, -0.05) is 6.42 Å². The van der Waals surface area contributed by atoms with E-state index in [0.717, 1.165) is 43.2 Å². The Morgan fingerprint density at radius 3 is 2.96 bits per heavy atom. The highest BCUT2D eigenvalue weighted by atomic mass is 16.3. The number of nitrogens with one attached hydrogen (secondary N) is 2. The van der Waals surface area contributed by atoms with Gasteiger partial charge in [0.25, 0.3) is 0 Å². The van der Waals surface area contributed by atoms with Gasteiger partial charge in [0.2, 0.25) is 0 Å². The maximum absolute atomic E-state index is 12.1. The number of fused-ring (bicyclic) bond motifs is 1. The molecule has 0 fully saturated rings. The molecule has 0 saturated heterocycles. The zero-order chi connectivity index (χ0) is 17.6. The first-order valence-corrected chi connectivity index (χ1v) is 8.77. The van der Waals surface area contributed by atoms with Crippen molar-refractivity contribution in [3.8, 4) is 0 Å². The fraction of sp³-hybridized carbons (Fsp3) is 0.588. The van der Waals surface area contributed by atoms with Crippen LogP contribution in [0.2, 0.25) is 0 Å². The number of likely N-dealkylation sites (N-methyl/N-ethyl adjacent to an activating group) is 1. The van der Waals surface area contributed by atoms with E-state index < -0.39 is 0 Å². The molecule has 25 heavy (non-hydrogen) atoms. The quantitative estimate of drug-likeness (QED) is 0.831. The Bertz CT molecular complexity index is 679. The minimum absolute atomic E-state index is 0.00915. The summed E-state index contributed by atoms with van der Waals surface area (Å²) in [6, 6.07) is 3.54. The third-order valence-electron chi connectivity index (χ3n) is 4.54. The fourth-order valence-corrected chi connectivity index (χ4v) is 3.11. The van der Waals surface area contributed by atoms with E-state index in [-0.39, 0.29) is 12.1 Å². The van der Waals surface area contributed by atoms with E-state index in [1.54, 1.807) is 6.26 Å². The van der Waals surface area contributed by atoms with Gasteiger partial charge >= 0.3 is 6.03 Å². The van der Waals surface area contributed by atoms with E-state index in [4.69, 9.17) is 4.42 Å². The van der Waals surface area contributed by atoms with E-state index in [0.29, 0.717) is 13.1 Å². The van der Waals surface area contributed by atoms with E-state index in [9.17, 15) is 4.79 Å². The van der Waals surface area contributed by atoms with Crippen LogP contribution in [0.15, 0.2) is 22.8 Å². The second kappa shape index (κ2) is 8.15. The van der Waals surface area contributed by atoms with Gasteiger partial charge in [-0.3, -0.25) is 4.90 Å². The summed E-state index contributed by atoms with van der Waals surface area (Å²) in [5.41, 5.74) is 0. The van der Waals surface area contributed by atoms with Gasteiger partial charge in [0.1, 0.15) is 11.6 Å². The van der Waals surface area contributed by atoms with Crippen LogP contribution in [0.4, 0.5) is 4.79 Å². The van der Waals surface area contributed by atoms with Gasteiger partial charge in [-0.05, 0) is 39.1 Å². The predicted octanol–water partition coefficient (Wildman–Crippen LogP) is 1.70. The van der Waals surface area contributed by atoms with Crippen molar-refractivity contribution in [2.45, 2.75) is 44.8 Å². The molecule has 3 heterocycles. The molecular weight excluding hydrogens is 320 g/mol. The highest BCUT2D eigenvalue weighted by Crippen LogP contribution is 2.17. The molecule has 1 aliphatic heterocycles. The van der Waals surface area contributed by atoms with Gasteiger partial charge < -0.3 is 19.6 Å². The summed E-state index contributed by atoms with van der Waals surface area (Å²) in [5.74, 6) is 2.68. The lowest BCUT2D eigenvalue weighted by molar-refractivity contribution is 0.224. The Morgan fingerprint density at radius 2 is 2.20 bits per heavy atom. The van der Waals surface area contributed by atoms with Crippen LogP contribution < -0.4 is 10.6 Å². The molecule has 8 heteroatoms. The fourth-order valence-electron chi connectivity index (χ4n) is 3.11. The van der Waals surface area contributed by atoms with Gasteiger partial charge in [0.05, 0.1) is 18.8 Å². The second-order valence-corrected chi connectivity index (χ2v) is 6.55. The standard InChI is InChI=1S/C17H26N6O2/c1-22(2)13(14-7-6-10-25-14)11-18-17(24)19-12-16-21-20-15-8-4-3-5-9-23(15)16/h6-7,10,13H,3-5,8-9,11-12H2,1-2H3,(H2,18,19,24). The Morgan fingerprint density at radius 1 is 1.32 bits per heavy atom. The lowest BCUT2D eigenvalue weighted by Gasteiger charge is -2.22. The topological polar surface area (TPSA) is 88.2 Å². The maximum Gasteiger partial charge on any atom is 0.315 e. The normalized spacial score (nSPS) is 15.5. The van der Waals surface area contributed by atoms with E-state index in [2.05, 4.69) is 25.4 Å². The summed E-state index contributed by atoms with van der Waals surface area (Å²) in [6.07, 6.45) is 6.12. The zero-order valence-electron chi connectivity index (χ0n) is 14.9. The van der Waals surface area contributed by atoms with Crippen molar-refractivity contribution in [3.05, 3.63) is 35.8 Å². The van der Waals surface area contributed by atoms with Crippen molar-refractivity contribution >= 4 is 6.03 Å². The van der Waals surface area contributed by atoms with Gasteiger partial charge in [0, 0.05) is 19.5 Å². The Labute approximate surface area is 147 Å². The highest BCUT2D eigenvalue weighted by molar-refractivity contribution is 5.73. The van der Waals surface area contributed by atoms with Crippen molar-refractivity contribution in [2.24, 2.45) is 0 Å². The summed E-state index contributed by atoms with van der Waals surface area (Å²) in [4.78, 5) is 14.2.